The molecule has 2 aromatic rings. The zero-order valence-corrected chi connectivity index (χ0v) is 9.34. The van der Waals surface area contributed by atoms with E-state index in [2.05, 4.69) is 32.8 Å². The molecule has 0 aliphatic heterocycles. The molecule has 0 saturated heterocycles. The number of aromatic nitrogens is 2. The number of halogens is 2. The van der Waals surface area contributed by atoms with Gasteiger partial charge in [-0.3, -0.25) is 0 Å². The van der Waals surface area contributed by atoms with Gasteiger partial charge in [-0.25, -0.2) is 4.39 Å². The highest BCUT2D eigenvalue weighted by atomic mass is 127. The molecule has 2 rings (SSSR count). The topological polar surface area (TPSA) is 25.8 Å². The SMILES string of the molecule is Fc1ccccc1-c1nnc(I)s1. The van der Waals surface area contributed by atoms with Crippen LogP contribution in [0.3, 0.4) is 0 Å². The van der Waals surface area contributed by atoms with Crippen molar-refractivity contribution >= 4 is 33.9 Å². The first kappa shape index (κ1) is 9.01. The van der Waals surface area contributed by atoms with Crippen LogP contribution in [-0.2, 0) is 0 Å². The Morgan fingerprint density at radius 1 is 1.23 bits per heavy atom. The van der Waals surface area contributed by atoms with E-state index in [1.54, 1.807) is 18.2 Å². The molecule has 0 spiro atoms. The molecule has 0 bridgehead atoms. The van der Waals surface area contributed by atoms with Gasteiger partial charge in [0.1, 0.15) is 5.82 Å². The van der Waals surface area contributed by atoms with Gasteiger partial charge in [0.25, 0.3) is 0 Å². The predicted molar refractivity (Wildman–Crippen MR) is 58.0 cm³/mol. The minimum absolute atomic E-state index is 0.255. The Labute approximate surface area is 92.0 Å². The van der Waals surface area contributed by atoms with E-state index >= 15 is 0 Å². The lowest BCUT2D eigenvalue weighted by molar-refractivity contribution is 0.631. The molecule has 0 N–H and O–H groups in total. The number of hydrogen-bond donors (Lipinski definition) is 0. The Kier molecular flexibility index (Phi) is 2.54. The zero-order valence-electron chi connectivity index (χ0n) is 6.37. The van der Waals surface area contributed by atoms with Crippen LogP contribution in [0.15, 0.2) is 24.3 Å². The number of nitrogens with zero attached hydrogens (tertiary/aromatic N) is 2. The molecular weight excluding hydrogens is 302 g/mol. The van der Waals surface area contributed by atoms with E-state index in [4.69, 9.17) is 0 Å². The molecule has 0 aliphatic rings. The van der Waals surface area contributed by atoms with Crippen LogP contribution in [0.2, 0.25) is 0 Å². The van der Waals surface area contributed by atoms with Crippen molar-refractivity contribution < 1.29 is 4.39 Å². The minimum atomic E-state index is -0.255. The lowest BCUT2D eigenvalue weighted by Crippen LogP contribution is -1.81. The van der Waals surface area contributed by atoms with Crippen molar-refractivity contribution in [1.82, 2.24) is 10.2 Å². The molecule has 1 aromatic carbocycles. The highest BCUT2D eigenvalue weighted by Crippen LogP contribution is 2.26. The summed E-state index contributed by atoms with van der Waals surface area (Å²) in [7, 11) is 0. The minimum Gasteiger partial charge on any atom is -0.206 e. The van der Waals surface area contributed by atoms with Crippen LogP contribution in [0, 0.1) is 8.83 Å². The maximum absolute atomic E-state index is 13.2. The van der Waals surface area contributed by atoms with Crippen molar-refractivity contribution in [2.45, 2.75) is 0 Å². The molecule has 0 aliphatic carbocycles. The summed E-state index contributed by atoms with van der Waals surface area (Å²) >= 11 is 3.44. The first-order chi connectivity index (χ1) is 6.27. The second kappa shape index (κ2) is 3.67. The van der Waals surface area contributed by atoms with Gasteiger partial charge in [-0.15, -0.1) is 10.2 Å². The van der Waals surface area contributed by atoms with Gasteiger partial charge < -0.3 is 0 Å². The van der Waals surface area contributed by atoms with Gasteiger partial charge in [0, 0.05) is 5.56 Å². The van der Waals surface area contributed by atoms with Crippen LogP contribution in [0.4, 0.5) is 4.39 Å². The standard InChI is InChI=1S/C8H4FIN2S/c9-6-4-2-1-3-5(6)7-11-12-8(10)13-7/h1-4H. The molecule has 66 valence electrons. The summed E-state index contributed by atoms with van der Waals surface area (Å²) in [5.74, 6) is -0.255. The third kappa shape index (κ3) is 1.86. The van der Waals surface area contributed by atoms with Gasteiger partial charge in [-0.1, -0.05) is 23.5 Å². The Morgan fingerprint density at radius 2 is 2.00 bits per heavy atom. The summed E-state index contributed by atoms with van der Waals surface area (Å²) in [5, 5.41) is 8.32. The van der Waals surface area contributed by atoms with E-state index in [0.29, 0.717) is 10.6 Å². The molecular formula is C8H4FIN2S. The van der Waals surface area contributed by atoms with Gasteiger partial charge in [0.05, 0.1) is 0 Å². The maximum Gasteiger partial charge on any atom is 0.178 e. The third-order valence-electron chi connectivity index (χ3n) is 1.50. The average molecular weight is 306 g/mol. The molecule has 0 unspecified atom stereocenters. The fraction of sp³-hybridized carbons (Fsp3) is 0. The van der Waals surface area contributed by atoms with Crippen molar-refractivity contribution in [1.29, 1.82) is 0 Å². The molecule has 1 aromatic heterocycles. The highest BCUT2D eigenvalue weighted by molar-refractivity contribution is 14.1. The summed E-state index contributed by atoms with van der Waals surface area (Å²) in [6.45, 7) is 0. The third-order valence-corrected chi connectivity index (χ3v) is 3.13. The predicted octanol–water partition coefficient (Wildman–Crippen LogP) is 2.95. The molecule has 0 fully saturated rings. The largest absolute Gasteiger partial charge is 0.206 e. The summed E-state index contributed by atoms with van der Waals surface area (Å²) < 4.78 is 14.0. The molecule has 0 radical (unpaired) electrons. The molecule has 0 atom stereocenters. The quantitative estimate of drug-likeness (QED) is 0.757. The van der Waals surface area contributed by atoms with Crippen molar-refractivity contribution in [2.75, 3.05) is 0 Å². The smallest absolute Gasteiger partial charge is 0.178 e. The average Bonchev–Trinajstić information content (AvgIpc) is 2.53. The fourth-order valence-corrected chi connectivity index (χ4v) is 2.28. The second-order valence-electron chi connectivity index (χ2n) is 2.34. The highest BCUT2D eigenvalue weighted by Gasteiger charge is 2.08. The Balaban J connectivity index is 2.52. The zero-order chi connectivity index (χ0) is 9.26. The lowest BCUT2D eigenvalue weighted by atomic mass is 10.2. The molecule has 1 heterocycles. The lowest BCUT2D eigenvalue weighted by Gasteiger charge is -1.95. The van der Waals surface area contributed by atoms with Crippen LogP contribution in [0.25, 0.3) is 10.6 Å². The van der Waals surface area contributed by atoms with Gasteiger partial charge >= 0.3 is 0 Å². The fourth-order valence-electron chi connectivity index (χ4n) is 0.949. The number of rotatable bonds is 1. The Hall–Kier alpha value is -0.560. The first-order valence-electron chi connectivity index (χ1n) is 3.51. The van der Waals surface area contributed by atoms with Crippen molar-refractivity contribution in [3.8, 4) is 10.6 Å². The van der Waals surface area contributed by atoms with Crippen molar-refractivity contribution in [3.05, 3.63) is 33.1 Å². The molecule has 5 heteroatoms. The van der Waals surface area contributed by atoms with E-state index in [0.717, 1.165) is 3.01 Å². The van der Waals surface area contributed by atoms with Crippen molar-refractivity contribution in [2.24, 2.45) is 0 Å². The van der Waals surface area contributed by atoms with E-state index in [1.807, 2.05) is 0 Å². The van der Waals surface area contributed by atoms with Gasteiger partial charge in [0.2, 0.25) is 0 Å². The van der Waals surface area contributed by atoms with Crippen LogP contribution in [0.1, 0.15) is 0 Å². The summed E-state index contributed by atoms with van der Waals surface area (Å²) in [6, 6.07) is 6.56. The molecule has 0 amide bonds. The normalized spacial score (nSPS) is 10.3. The number of benzene rings is 1. The van der Waals surface area contributed by atoms with E-state index in [1.165, 1.54) is 17.4 Å². The van der Waals surface area contributed by atoms with E-state index in [-0.39, 0.29) is 5.82 Å². The van der Waals surface area contributed by atoms with Crippen molar-refractivity contribution in [3.63, 3.8) is 0 Å². The van der Waals surface area contributed by atoms with Gasteiger partial charge in [-0.05, 0) is 34.7 Å². The van der Waals surface area contributed by atoms with Crippen LogP contribution in [0.5, 0.6) is 0 Å². The van der Waals surface area contributed by atoms with E-state index < -0.39 is 0 Å². The molecule has 13 heavy (non-hydrogen) atoms. The number of hydrogen-bond acceptors (Lipinski definition) is 3. The molecule has 2 nitrogen and oxygen atoms in total. The Morgan fingerprint density at radius 3 is 2.62 bits per heavy atom. The monoisotopic (exact) mass is 306 g/mol. The van der Waals surface area contributed by atoms with Crippen LogP contribution >= 0.6 is 33.9 Å². The maximum atomic E-state index is 13.2. The molecule has 0 saturated carbocycles. The summed E-state index contributed by atoms with van der Waals surface area (Å²) in [4.78, 5) is 0. The van der Waals surface area contributed by atoms with Crippen LogP contribution < -0.4 is 0 Å². The second-order valence-corrected chi connectivity index (χ2v) is 5.07. The van der Waals surface area contributed by atoms with Crippen LogP contribution in [-0.4, -0.2) is 10.2 Å². The summed E-state index contributed by atoms with van der Waals surface area (Å²) in [5.41, 5.74) is 0.517. The Bertz CT molecular complexity index is 430. The van der Waals surface area contributed by atoms with Gasteiger partial charge in [-0.2, -0.15) is 0 Å². The first-order valence-corrected chi connectivity index (χ1v) is 5.41. The van der Waals surface area contributed by atoms with Gasteiger partial charge in [0.15, 0.2) is 8.02 Å². The summed E-state index contributed by atoms with van der Waals surface area (Å²) in [6.07, 6.45) is 0. The van der Waals surface area contributed by atoms with E-state index in [9.17, 15) is 4.39 Å².